The number of rotatable bonds is 3. The summed E-state index contributed by atoms with van der Waals surface area (Å²) in [6.07, 6.45) is 0. The Morgan fingerprint density at radius 1 is 1.41 bits per heavy atom. The molecule has 5 nitrogen and oxygen atoms in total. The van der Waals surface area contributed by atoms with Gasteiger partial charge < -0.3 is 4.74 Å². The molecular formula is C14H11BrClN3O2S. The molecule has 3 rings (SSSR count). The monoisotopic (exact) mass is 399 g/mol. The minimum atomic E-state index is -0.349. The lowest BCUT2D eigenvalue weighted by Gasteiger charge is -2.07. The Kier molecular flexibility index (Phi) is 4.12. The highest BCUT2D eigenvalue weighted by atomic mass is 79.9. The van der Waals surface area contributed by atoms with Crippen LogP contribution in [0.25, 0.3) is 16.4 Å². The van der Waals surface area contributed by atoms with Crippen LogP contribution in [-0.2, 0) is 0 Å². The van der Waals surface area contributed by atoms with Crippen LogP contribution in [0.3, 0.4) is 0 Å². The van der Waals surface area contributed by atoms with Crippen LogP contribution in [0.4, 0.5) is 0 Å². The smallest absolute Gasteiger partial charge is 0.348 e. The van der Waals surface area contributed by atoms with E-state index in [1.54, 1.807) is 29.5 Å². The summed E-state index contributed by atoms with van der Waals surface area (Å²) in [7, 11) is 1.53. The van der Waals surface area contributed by atoms with Crippen LogP contribution in [0.2, 0.25) is 5.02 Å². The van der Waals surface area contributed by atoms with Crippen molar-refractivity contribution in [2.45, 2.75) is 6.92 Å². The second-order valence-electron chi connectivity index (χ2n) is 4.52. The van der Waals surface area contributed by atoms with E-state index in [0.717, 1.165) is 14.2 Å². The fraction of sp³-hybridized carbons (Fsp3) is 0.143. The molecule has 0 unspecified atom stereocenters. The van der Waals surface area contributed by atoms with Crippen molar-refractivity contribution in [1.29, 1.82) is 0 Å². The molecule has 0 aliphatic carbocycles. The number of benzene rings is 1. The van der Waals surface area contributed by atoms with E-state index in [4.69, 9.17) is 16.3 Å². The van der Waals surface area contributed by atoms with Gasteiger partial charge in [-0.1, -0.05) is 11.6 Å². The second-order valence-corrected chi connectivity index (χ2v) is 7.07. The van der Waals surface area contributed by atoms with Gasteiger partial charge in [-0.2, -0.15) is 4.68 Å². The van der Waals surface area contributed by atoms with Crippen molar-refractivity contribution in [3.05, 3.63) is 49.1 Å². The van der Waals surface area contributed by atoms with Gasteiger partial charge in [0.1, 0.15) is 11.4 Å². The van der Waals surface area contributed by atoms with Gasteiger partial charge in [0.15, 0.2) is 5.82 Å². The normalized spacial score (nSPS) is 10.9. The van der Waals surface area contributed by atoms with Crippen molar-refractivity contribution in [3.63, 3.8) is 0 Å². The first-order valence-electron chi connectivity index (χ1n) is 6.29. The number of thiophene rings is 1. The average molecular weight is 401 g/mol. The van der Waals surface area contributed by atoms with E-state index in [9.17, 15) is 4.79 Å². The van der Waals surface area contributed by atoms with Crippen molar-refractivity contribution in [1.82, 2.24) is 14.8 Å². The highest BCUT2D eigenvalue weighted by molar-refractivity contribution is 9.10. The average Bonchev–Trinajstić information content (AvgIpc) is 3.02. The Morgan fingerprint density at radius 2 is 2.18 bits per heavy atom. The van der Waals surface area contributed by atoms with E-state index in [1.165, 1.54) is 11.8 Å². The third kappa shape index (κ3) is 2.71. The minimum absolute atomic E-state index is 0.349. The topological polar surface area (TPSA) is 59.9 Å². The summed E-state index contributed by atoms with van der Waals surface area (Å²) in [6, 6.07) is 6.96. The van der Waals surface area contributed by atoms with Gasteiger partial charge in [-0.15, -0.1) is 16.4 Å². The van der Waals surface area contributed by atoms with E-state index >= 15 is 0 Å². The van der Waals surface area contributed by atoms with E-state index in [0.29, 0.717) is 22.3 Å². The van der Waals surface area contributed by atoms with Crippen molar-refractivity contribution >= 4 is 38.9 Å². The Morgan fingerprint density at radius 3 is 2.82 bits per heavy atom. The molecule has 0 aliphatic rings. The maximum atomic E-state index is 12.2. The van der Waals surface area contributed by atoms with Crippen LogP contribution in [0.5, 0.6) is 5.75 Å². The number of nitrogens with one attached hydrogen (secondary N) is 1. The number of methoxy groups -OCH3 is 1. The van der Waals surface area contributed by atoms with E-state index in [-0.39, 0.29) is 5.69 Å². The number of hydrogen-bond donors (Lipinski definition) is 1. The van der Waals surface area contributed by atoms with Gasteiger partial charge in [0.05, 0.1) is 12.0 Å². The van der Waals surface area contributed by atoms with E-state index in [2.05, 4.69) is 26.0 Å². The van der Waals surface area contributed by atoms with E-state index in [1.807, 2.05) is 13.0 Å². The molecule has 0 saturated heterocycles. The van der Waals surface area contributed by atoms with Gasteiger partial charge in [0.25, 0.3) is 0 Å². The predicted octanol–water partition coefficient (Wildman–Crippen LogP) is 4.02. The van der Waals surface area contributed by atoms with Gasteiger partial charge in [-0.05, 0) is 47.1 Å². The molecule has 22 heavy (non-hydrogen) atoms. The summed E-state index contributed by atoms with van der Waals surface area (Å²) < 4.78 is 7.51. The van der Waals surface area contributed by atoms with Crippen LogP contribution >= 0.6 is 38.9 Å². The van der Waals surface area contributed by atoms with Gasteiger partial charge >= 0.3 is 5.69 Å². The lowest BCUT2D eigenvalue weighted by molar-refractivity contribution is 0.411. The number of aryl methyl sites for hydroxylation is 1. The molecule has 114 valence electrons. The fourth-order valence-electron chi connectivity index (χ4n) is 2.00. The highest BCUT2D eigenvalue weighted by Gasteiger charge is 2.15. The summed E-state index contributed by atoms with van der Waals surface area (Å²) in [4.78, 5) is 17.0. The molecule has 1 aromatic carbocycles. The summed E-state index contributed by atoms with van der Waals surface area (Å²) in [6.45, 7) is 1.99. The summed E-state index contributed by atoms with van der Waals surface area (Å²) in [5.74, 6) is 1.03. The fourth-order valence-corrected chi connectivity index (χ4v) is 3.65. The van der Waals surface area contributed by atoms with Gasteiger partial charge in [0.2, 0.25) is 0 Å². The molecule has 0 spiro atoms. The number of ether oxygens (including phenoxy) is 1. The molecule has 0 bridgehead atoms. The molecule has 2 aromatic heterocycles. The SMILES string of the molecule is COc1ccc(Cl)cc1-n1nc(-c2cc(Br)c(C)s2)[nH]c1=O. The first-order chi connectivity index (χ1) is 10.5. The molecule has 2 heterocycles. The van der Waals surface area contributed by atoms with Crippen LogP contribution < -0.4 is 10.4 Å². The maximum absolute atomic E-state index is 12.2. The Bertz CT molecular complexity index is 880. The zero-order valence-corrected chi connectivity index (χ0v) is 14.8. The third-order valence-corrected chi connectivity index (χ3v) is 5.46. The van der Waals surface area contributed by atoms with Crippen molar-refractivity contribution in [3.8, 4) is 22.1 Å². The molecule has 0 radical (unpaired) electrons. The molecule has 8 heteroatoms. The molecule has 0 saturated carbocycles. The molecule has 0 amide bonds. The molecular weight excluding hydrogens is 390 g/mol. The Balaban J connectivity index is 2.14. The molecule has 1 N–H and O–H groups in total. The lowest BCUT2D eigenvalue weighted by Crippen LogP contribution is -2.16. The number of halogens is 2. The van der Waals surface area contributed by atoms with Crippen LogP contribution in [0.1, 0.15) is 4.88 Å². The maximum Gasteiger partial charge on any atom is 0.348 e. The quantitative estimate of drug-likeness (QED) is 0.722. The largest absolute Gasteiger partial charge is 0.494 e. The standard InChI is InChI=1S/C14H11BrClN3O2S/c1-7-9(15)6-12(22-7)13-17-14(20)19(18-13)10-5-8(16)3-4-11(10)21-2/h3-6H,1-2H3,(H,17,18,20). The summed E-state index contributed by atoms with van der Waals surface area (Å²) in [5.41, 5.74) is 0.146. The Labute approximate surface area is 143 Å². The first-order valence-corrected chi connectivity index (χ1v) is 8.28. The predicted molar refractivity (Wildman–Crippen MR) is 91.5 cm³/mol. The van der Waals surface area contributed by atoms with Gasteiger partial charge in [-0.25, -0.2) is 4.79 Å². The second kappa shape index (κ2) is 5.91. The lowest BCUT2D eigenvalue weighted by atomic mass is 10.3. The van der Waals surface area contributed by atoms with Crippen molar-refractivity contribution in [2.75, 3.05) is 7.11 Å². The minimum Gasteiger partial charge on any atom is -0.494 e. The number of hydrogen-bond acceptors (Lipinski definition) is 4. The summed E-state index contributed by atoms with van der Waals surface area (Å²) in [5, 5.41) is 4.86. The molecule has 3 aromatic rings. The first kappa shape index (κ1) is 15.3. The zero-order chi connectivity index (χ0) is 15.9. The van der Waals surface area contributed by atoms with Crippen molar-refractivity contribution < 1.29 is 4.74 Å². The zero-order valence-electron chi connectivity index (χ0n) is 11.7. The van der Waals surface area contributed by atoms with Gasteiger partial charge in [-0.3, -0.25) is 4.98 Å². The third-order valence-electron chi connectivity index (χ3n) is 3.08. The number of H-pyrrole nitrogens is 1. The van der Waals surface area contributed by atoms with Crippen LogP contribution in [0.15, 0.2) is 33.5 Å². The molecule has 0 fully saturated rings. The highest BCUT2D eigenvalue weighted by Crippen LogP contribution is 2.32. The van der Waals surface area contributed by atoms with E-state index < -0.39 is 0 Å². The molecule has 0 aliphatic heterocycles. The van der Waals surface area contributed by atoms with Crippen LogP contribution in [0, 0.1) is 6.92 Å². The van der Waals surface area contributed by atoms with Gasteiger partial charge in [0, 0.05) is 14.4 Å². The number of aromatic amines is 1. The van der Waals surface area contributed by atoms with Crippen molar-refractivity contribution in [2.24, 2.45) is 0 Å². The number of nitrogens with zero attached hydrogens (tertiary/aromatic N) is 2. The van der Waals surface area contributed by atoms with Crippen LogP contribution in [-0.4, -0.2) is 21.9 Å². The Hall–Kier alpha value is -1.57. The summed E-state index contributed by atoms with van der Waals surface area (Å²) >= 11 is 11.0. The molecule has 0 atom stereocenters. The number of aromatic nitrogens is 3.